The van der Waals surface area contributed by atoms with E-state index in [1.165, 1.54) is 7.11 Å². The Bertz CT molecular complexity index is 989. The van der Waals surface area contributed by atoms with Gasteiger partial charge in [-0.15, -0.1) is 0 Å². The molecule has 4 rings (SSSR count). The van der Waals surface area contributed by atoms with Crippen molar-refractivity contribution in [3.05, 3.63) is 63.9 Å². The first-order valence-electron chi connectivity index (χ1n) is 6.90. The number of hydrogen-bond acceptors (Lipinski definition) is 4. The SMILES string of the molecule is COC(=O)c1ccc2c(=O)nc3n(c2c1)Cc1ccccc1-3. The highest BCUT2D eigenvalue weighted by Gasteiger charge is 2.22. The number of methoxy groups -OCH3 is 1. The quantitative estimate of drug-likeness (QED) is 0.505. The summed E-state index contributed by atoms with van der Waals surface area (Å²) in [6.07, 6.45) is 0. The lowest BCUT2D eigenvalue weighted by molar-refractivity contribution is 0.0601. The minimum Gasteiger partial charge on any atom is -0.465 e. The van der Waals surface area contributed by atoms with E-state index in [1.807, 2.05) is 28.8 Å². The van der Waals surface area contributed by atoms with Crippen molar-refractivity contribution in [2.75, 3.05) is 7.11 Å². The molecule has 5 nitrogen and oxygen atoms in total. The highest BCUT2D eigenvalue weighted by Crippen LogP contribution is 2.31. The van der Waals surface area contributed by atoms with Gasteiger partial charge in [-0.25, -0.2) is 4.79 Å². The van der Waals surface area contributed by atoms with E-state index < -0.39 is 5.97 Å². The fraction of sp³-hybridized carbons (Fsp3) is 0.118. The van der Waals surface area contributed by atoms with Gasteiger partial charge in [-0.1, -0.05) is 24.3 Å². The topological polar surface area (TPSA) is 61.2 Å². The summed E-state index contributed by atoms with van der Waals surface area (Å²) in [5.74, 6) is 0.228. The lowest BCUT2D eigenvalue weighted by Gasteiger charge is -2.09. The minimum atomic E-state index is -0.420. The fourth-order valence-electron chi connectivity index (χ4n) is 2.92. The van der Waals surface area contributed by atoms with Gasteiger partial charge in [-0.05, 0) is 23.8 Å². The zero-order valence-electron chi connectivity index (χ0n) is 11.9. The van der Waals surface area contributed by atoms with Crippen LogP contribution in [0.15, 0.2) is 47.3 Å². The Morgan fingerprint density at radius 1 is 1.23 bits per heavy atom. The molecule has 0 unspecified atom stereocenters. The molecule has 108 valence electrons. The van der Waals surface area contributed by atoms with E-state index >= 15 is 0 Å². The van der Waals surface area contributed by atoms with Crippen molar-refractivity contribution in [3.63, 3.8) is 0 Å². The van der Waals surface area contributed by atoms with E-state index in [9.17, 15) is 9.59 Å². The molecule has 1 aromatic heterocycles. The molecule has 3 aromatic rings. The van der Waals surface area contributed by atoms with Crippen LogP contribution in [0.25, 0.3) is 22.3 Å². The number of carbonyl (C=O) groups is 1. The second-order valence-electron chi connectivity index (χ2n) is 5.21. The molecule has 1 aliphatic heterocycles. The number of carbonyl (C=O) groups excluding carboxylic acids is 1. The van der Waals surface area contributed by atoms with Crippen LogP contribution in [0.1, 0.15) is 15.9 Å². The largest absolute Gasteiger partial charge is 0.465 e. The first-order chi connectivity index (χ1) is 10.7. The number of hydrogen-bond donors (Lipinski definition) is 0. The number of rotatable bonds is 1. The summed E-state index contributed by atoms with van der Waals surface area (Å²) in [4.78, 5) is 28.2. The first-order valence-corrected chi connectivity index (χ1v) is 6.90. The van der Waals surface area contributed by atoms with Crippen LogP contribution >= 0.6 is 0 Å². The maximum absolute atomic E-state index is 12.3. The molecule has 1 aliphatic rings. The summed E-state index contributed by atoms with van der Waals surface area (Å²) in [5, 5.41) is 0.504. The van der Waals surface area contributed by atoms with Crippen LogP contribution in [0.5, 0.6) is 0 Å². The Labute approximate surface area is 125 Å². The molecule has 5 heteroatoms. The summed E-state index contributed by atoms with van der Waals surface area (Å²) in [7, 11) is 1.34. The smallest absolute Gasteiger partial charge is 0.337 e. The molecule has 0 saturated heterocycles. The highest BCUT2D eigenvalue weighted by molar-refractivity contribution is 5.94. The molecular weight excluding hydrogens is 280 g/mol. The molecule has 0 aliphatic carbocycles. The second-order valence-corrected chi connectivity index (χ2v) is 5.21. The molecule has 0 spiro atoms. The lowest BCUT2D eigenvalue weighted by Crippen LogP contribution is -2.14. The van der Waals surface area contributed by atoms with E-state index in [1.54, 1.807) is 18.2 Å². The molecule has 2 heterocycles. The van der Waals surface area contributed by atoms with Crippen molar-refractivity contribution in [1.82, 2.24) is 9.55 Å². The van der Waals surface area contributed by atoms with Gasteiger partial charge in [-0.3, -0.25) is 4.79 Å². The van der Waals surface area contributed by atoms with E-state index in [0.717, 1.165) is 11.1 Å². The van der Waals surface area contributed by atoms with Crippen LogP contribution in [0.3, 0.4) is 0 Å². The maximum atomic E-state index is 12.3. The number of nitrogens with zero attached hydrogens (tertiary/aromatic N) is 2. The van der Waals surface area contributed by atoms with Crippen molar-refractivity contribution in [2.45, 2.75) is 6.54 Å². The van der Waals surface area contributed by atoms with Gasteiger partial charge in [0.15, 0.2) is 0 Å². The summed E-state index contributed by atoms with van der Waals surface area (Å²) in [5.41, 5.74) is 2.92. The predicted molar refractivity (Wildman–Crippen MR) is 81.9 cm³/mol. The van der Waals surface area contributed by atoms with Crippen LogP contribution in [0, 0.1) is 0 Å². The molecule has 0 N–H and O–H groups in total. The van der Waals surface area contributed by atoms with Crippen molar-refractivity contribution in [2.24, 2.45) is 0 Å². The van der Waals surface area contributed by atoms with Gasteiger partial charge >= 0.3 is 5.97 Å². The summed E-state index contributed by atoms with van der Waals surface area (Å²) >= 11 is 0. The third kappa shape index (κ3) is 1.69. The summed E-state index contributed by atoms with van der Waals surface area (Å²) in [6.45, 7) is 0.639. The lowest BCUT2D eigenvalue weighted by atomic mass is 10.1. The molecule has 0 radical (unpaired) electrons. The average Bonchev–Trinajstić information content (AvgIpc) is 2.93. The Kier molecular flexibility index (Phi) is 2.63. The number of ether oxygens (including phenoxy) is 1. The Morgan fingerprint density at radius 3 is 2.86 bits per heavy atom. The van der Waals surface area contributed by atoms with E-state index in [0.29, 0.717) is 28.8 Å². The van der Waals surface area contributed by atoms with E-state index in [4.69, 9.17) is 4.74 Å². The van der Waals surface area contributed by atoms with Gasteiger partial charge < -0.3 is 9.30 Å². The van der Waals surface area contributed by atoms with Crippen LogP contribution < -0.4 is 5.56 Å². The Balaban J connectivity index is 2.05. The summed E-state index contributed by atoms with van der Waals surface area (Å²) in [6, 6.07) is 12.8. The molecule has 22 heavy (non-hydrogen) atoms. The number of esters is 1. The molecule has 0 saturated carbocycles. The van der Waals surface area contributed by atoms with Crippen LogP contribution in [0.2, 0.25) is 0 Å². The van der Waals surface area contributed by atoms with Gasteiger partial charge in [0.2, 0.25) is 0 Å². The fourth-order valence-corrected chi connectivity index (χ4v) is 2.92. The third-order valence-electron chi connectivity index (χ3n) is 3.99. The minimum absolute atomic E-state index is 0.283. The van der Waals surface area contributed by atoms with Gasteiger partial charge in [0.1, 0.15) is 5.82 Å². The maximum Gasteiger partial charge on any atom is 0.337 e. The van der Waals surface area contributed by atoms with Crippen molar-refractivity contribution >= 4 is 16.9 Å². The normalized spacial score (nSPS) is 12.0. The highest BCUT2D eigenvalue weighted by atomic mass is 16.5. The van der Waals surface area contributed by atoms with Crippen molar-refractivity contribution < 1.29 is 9.53 Å². The average molecular weight is 292 g/mol. The van der Waals surface area contributed by atoms with Crippen molar-refractivity contribution in [3.8, 4) is 11.4 Å². The molecule has 2 aromatic carbocycles. The van der Waals surface area contributed by atoms with E-state index in [-0.39, 0.29) is 5.56 Å². The number of fused-ring (bicyclic) bond motifs is 5. The third-order valence-corrected chi connectivity index (χ3v) is 3.99. The van der Waals surface area contributed by atoms with Crippen LogP contribution in [-0.4, -0.2) is 22.6 Å². The Hall–Kier alpha value is -2.95. The van der Waals surface area contributed by atoms with Gasteiger partial charge in [-0.2, -0.15) is 4.98 Å². The Morgan fingerprint density at radius 2 is 2.05 bits per heavy atom. The zero-order valence-corrected chi connectivity index (χ0v) is 11.9. The van der Waals surface area contributed by atoms with E-state index in [2.05, 4.69) is 4.98 Å². The standard InChI is InChI=1S/C17H12N2O3/c1-22-17(21)10-6-7-13-14(8-10)19-9-11-4-2-3-5-12(11)15(19)18-16(13)20/h2-8H,9H2,1H3. The molecule has 0 amide bonds. The molecule has 0 atom stereocenters. The molecule has 0 fully saturated rings. The van der Waals surface area contributed by atoms with Gasteiger partial charge in [0.05, 0.1) is 30.1 Å². The predicted octanol–water partition coefficient (Wildman–Crippen LogP) is 2.21. The van der Waals surface area contributed by atoms with Crippen molar-refractivity contribution in [1.29, 1.82) is 0 Å². The molecular formula is C17H12N2O3. The molecule has 0 bridgehead atoms. The monoisotopic (exact) mass is 292 g/mol. The second kappa shape index (κ2) is 4.53. The summed E-state index contributed by atoms with van der Waals surface area (Å²) < 4.78 is 6.72. The first kappa shape index (κ1) is 12.8. The number of benzene rings is 2. The number of aromatic nitrogens is 2. The van der Waals surface area contributed by atoms with Crippen LogP contribution in [0.4, 0.5) is 0 Å². The zero-order chi connectivity index (χ0) is 15.3. The van der Waals surface area contributed by atoms with Gasteiger partial charge in [0.25, 0.3) is 5.56 Å². The van der Waals surface area contributed by atoms with Crippen LogP contribution in [-0.2, 0) is 11.3 Å². The van der Waals surface area contributed by atoms with Gasteiger partial charge in [0, 0.05) is 5.56 Å².